The van der Waals surface area contributed by atoms with E-state index in [-0.39, 0.29) is 23.7 Å². The molecule has 0 fully saturated rings. The Balaban J connectivity index is 1.43. The minimum absolute atomic E-state index is 0.178. The molecule has 0 aliphatic heterocycles. The lowest BCUT2D eigenvalue weighted by atomic mass is 10.0. The van der Waals surface area contributed by atoms with Crippen LogP contribution in [0.4, 0.5) is 15.2 Å². The van der Waals surface area contributed by atoms with Crippen LogP contribution in [0.1, 0.15) is 38.8 Å². The number of thiazole rings is 1. The first-order valence-electron chi connectivity index (χ1n) is 12.1. The predicted molar refractivity (Wildman–Crippen MR) is 147 cm³/mol. The monoisotopic (exact) mass is 533 g/mol. The number of hydrogen-bond acceptors (Lipinski definition) is 6. The minimum Gasteiger partial charge on any atom is -0.488 e. The van der Waals surface area contributed by atoms with Gasteiger partial charge in [-0.05, 0) is 85.5 Å². The fourth-order valence-electron chi connectivity index (χ4n) is 3.81. The maximum absolute atomic E-state index is 13.1. The van der Waals surface area contributed by atoms with Crippen molar-refractivity contribution in [3.63, 3.8) is 0 Å². The van der Waals surface area contributed by atoms with Crippen LogP contribution in [0.25, 0.3) is 0 Å². The number of hydrogen-bond donors (Lipinski definition) is 2. The summed E-state index contributed by atoms with van der Waals surface area (Å²) in [5.41, 5.74) is 3.53. The van der Waals surface area contributed by atoms with Crippen molar-refractivity contribution in [3.05, 3.63) is 106 Å². The van der Waals surface area contributed by atoms with Crippen LogP contribution in [-0.4, -0.2) is 36.6 Å². The molecule has 0 saturated heterocycles. The van der Waals surface area contributed by atoms with Gasteiger partial charge < -0.3 is 14.8 Å². The number of carbonyl (C=O) groups is 2. The molecule has 0 bridgehead atoms. The molecule has 7 nitrogen and oxygen atoms in total. The molecular weight excluding hydrogens is 505 g/mol. The summed E-state index contributed by atoms with van der Waals surface area (Å²) in [6.07, 6.45) is 2.85. The zero-order chi connectivity index (χ0) is 26.9. The van der Waals surface area contributed by atoms with E-state index in [0.717, 1.165) is 17.5 Å². The van der Waals surface area contributed by atoms with Crippen LogP contribution in [-0.2, 0) is 17.6 Å². The molecule has 4 rings (SSSR count). The van der Waals surface area contributed by atoms with Crippen LogP contribution < -0.4 is 15.4 Å². The number of aromatic nitrogens is 1. The van der Waals surface area contributed by atoms with Crippen LogP contribution in [0.2, 0.25) is 0 Å². The normalized spacial score (nSPS) is 11.6. The molecule has 0 unspecified atom stereocenters. The van der Waals surface area contributed by atoms with Crippen molar-refractivity contribution in [3.8, 4) is 5.75 Å². The molecule has 0 spiro atoms. The second-order valence-corrected chi connectivity index (χ2v) is 9.59. The predicted octanol–water partition coefficient (Wildman–Crippen LogP) is 5.99. The second kappa shape index (κ2) is 12.9. The van der Waals surface area contributed by atoms with E-state index in [1.165, 1.54) is 35.6 Å². The summed E-state index contributed by atoms with van der Waals surface area (Å²) in [5, 5.41) is 7.96. The molecule has 1 atom stereocenters. The minimum atomic E-state index is -0.389. The van der Waals surface area contributed by atoms with Gasteiger partial charge in [0.1, 0.15) is 17.7 Å². The Morgan fingerprint density at radius 2 is 1.63 bits per heavy atom. The number of nitrogens with zero attached hydrogens (tertiary/aromatic N) is 1. The average Bonchev–Trinajstić information content (AvgIpc) is 3.41. The lowest BCUT2D eigenvalue weighted by molar-refractivity contribution is 0.0916. The third-order valence-corrected chi connectivity index (χ3v) is 6.33. The van der Waals surface area contributed by atoms with Gasteiger partial charge in [0, 0.05) is 35.5 Å². The number of carbonyl (C=O) groups excluding carboxylic acids is 2. The van der Waals surface area contributed by atoms with Crippen molar-refractivity contribution < 1.29 is 23.5 Å². The van der Waals surface area contributed by atoms with Crippen LogP contribution in [0.15, 0.2) is 78.3 Å². The van der Waals surface area contributed by atoms with E-state index < -0.39 is 0 Å². The van der Waals surface area contributed by atoms with E-state index >= 15 is 0 Å². The van der Waals surface area contributed by atoms with E-state index in [2.05, 4.69) is 15.6 Å². The van der Waals surface area contributed by atoms with E-state index in [9.17, 15) is 14.0 Å². The molecule has 3 aromatic carbocycles. The average molecular weight is 534 g/mol. The Labute approximate surface area is 224 Å². The molecule has 0 aliphatic carbocycles. The number of aryl methyl sites for hydroxylation is 2. The molecule has 4 aromatic rings. The van der Waals surface area contributed by atoms with Crippen molar-refractivity contribution in [2.45, 2.75) is 25.9 Å². The third-order valence-electron chi connectivity index (χ3n) is 5.64. The number of methoxy groups -OCH3 is 1. The summed E-state index contributed by atoms with van der Waals surface area (Å²) in [7, 11) is 1.61. The highest BCUT2D eigenvalue weighted by Gasteiger charge is 2.13. The van der Waals surface area contributed by atoms with Crippen LogP contribution in [0.3, 0.4) is 0 Å². The molecular formula is C29H28FN3O4S. The van der Waals surface area contributed by atoms with Gasteiger partial charge in [0.05, 0.1) is 6.61 Å². The standard InChI is InChI=1S/C29H28FN3O4S/c1-19(18-36-2)37-26-16-21(15-23(17-26)28(35)33-29-31-13-14-38-29)4-3-20-5-11-25(12-6-20)32-27(34)22-7-9-24(30)10-8-22/h5-17,19H,3-4,18H2,1-2H3,(H,32,34)(H,31,33,35)/t19-/m0/s1. The number of rotatable bonds is 11. The lowest BCUT2D eigenvalue weighted by Crippen LogP contribution is -2.19. The van der Waals surface area contributed by atoms with Gasteiger partial charge >= 0.3 is 0 Å². The summed E-state index contributed by atoms with van der Waals surface area (Å²) in [6, 6.07) is 18.4. The summed E-state index contributed by atoms with van der Waals surface area (Å²) in [6.45, 7) is 2.33. The van der Waals surface area contributed by atoms with E-state index in [0.29, 0.717) is 40.7 Å². The Morgan fingerprint density at radius 1 is 0.921 bits per heavy atom. The number of ether oxygens (including phenoxy) is 2. The SMILES string of the molecule is COC[C@H](C)Oc1cc(CCc2ccc(NC(=O)c3ccc(F)cc3)cc2)cc(C(=O)Nc2nccs2)c1. The first-order chi connectivity index (χ1) is 18.4. The smallest absolute Gasteiger partial charge is 0.257 e. The van der Waals surface area contributed by atoms with Crippen molar-refractivity contribution in [2.75, 3.05) is 24.4 Å². The molecule has 0 aliphatic rings. The lowest BCUT2D eigenvalue weighted by Gasteiger charge is -2.16. The van der Waals surface area contributed by atoms with Crippen LogP contribution in [0.5, 0.6) is 5.75 Å². The van der Waals surface area contributed by atoms with E-state index in [1.807, 2.05) is 43.3 Å². The maximum atomic E-state index is 13.1. The third kappa shape index (κ3) is 7.71. The highest BCUT2D eigenvalue weighted by Crippen LogP contribution is 2.22. The van der Waals surface area contributed by atoms with Crippen molar-refractivity contribution >= 4 is 34.0 Å². The Hall–Kier alpha value is -4.08. The van der Waals surface area contributed by atoms with E-state index in [4.69, 9.17) is 9.47 Å². The van der Waals surface area contributed by atoms with Crippen LogP contribution in [0, 0.1) is 5.82 Å². The zero-order valence-corrected chi connectivity index (χ0v) is 21.9. The quantitative estimate of drug-likeness (QED) is 0.247. The molecule has 0 radical (unpaired) electrons. The number of anilines is 2. The number of amides is 2. The summed E-state index contributed by atoms with van der Waals surface area (Å²) in [5.74, 6) is -0.358. The second-order valence-electron chi connectivity index (χ2n) is 8.70. The Kier molecular flexibility index (Phi) is 9.18. The van der Waals surface area contributed by atoms with Crippen LogP contribution >= 0.6 is 11.3 Å². The zero-order valence-electron chi connectivity index (χ0n) is 21.1. The fourth-order valence-corrected chi connectivity index (χ4v) is 4.33. The van der Waals surface area contributed by atoms with Gasteiger partial charge in [0.2, 0.25) is 0 Å². The topological polar surface area (TPSA) is 89.5 Å². The molecule has 0 saturated carbocycles. The van der Waals surface area contributed by atoms with Gasteiger partial charge in [0.15, 0.2) is 5.13 Å². The molecule has 2 amide bonds. The van der Waals surface area contributed by atoms with Crippen molar-refractivity contribution in [1.82, 2.24) is 4.98 Å². The molecule has 2 N–H and O–H groups in total. The van der Waals surface area contributed by atoms with Gasteiger partial charge in [-0.1, -0.05) is 12.1 Å². The summed E-state index contributed by atoms with van der Waals surface area (Å²) in [4.78, 5) is 29.4. The highest BCUT2D eigenvalue weighted by molar-refractivity contribution is 7.13. The number of benzene rings is 3. The van der Waals surface area contributed by atoms with Gasteiger partial charge in [-0.3, -0.25) is 14.9 Å². The van der Waals surface area contributed by atoms with Gasteiger partial charge in [-0.25, -0.2) is 9.37 Å². The van der Waals surface area contributed by atoms with E-state index in [1.54, 1.807) is 24.8 Å². The molecule has 38 heavy (non-hydrogen) atoms. The Bertz CT molecular complexity index is 1360. The molecule has 9 heteroatoms. The summed E-state index contributed by atoms with van der Waals surface area (Å²) < 4.78 is 24.3. The molecule has 1 aromatic heterocycles. The number of nitrogens with one attached hydrogen (secondary N) is 2. The maximum Gasteiger partial charge on any atom is 0.257 e. The van der Waals surface area contributed by atoms with Crippen molar-refractivity contribution in [1.29, 1.82) is 0 Å². The first-order valence-corrected chi connectivity index (χ1v) is 12.9. The van der Waals surface area contributed by atoms with Gasteiger partial charge in [-0.15, -0.1) is 11.3 Å². The first kappa shape index (κ1) is 27.0. The Morgan fingerprint density at radius 3 is 2.32 bits per heavy atom. The largest absolute Gasteiger partial charge is 0.488 e. The highest BCUT2D eigenvalue weighted by atomic mass is 32.1. The number of halogens is 1. The summed E-state index contributed by atoms with van der Waals surface area (Å²) >= 11 is 1.35. The van der Waals surface area contributed by atoms with Crippen molar-refractivity contribution in [2.24, 2.45) is 0 Å². The fraction of sp³-hybridized carbons (Fsp3) is 0.207. The molecule has 1 heterocycles. The molecule has 196 valence electrons. The van der Waals surface area contributed by atoms with Gasteiger partial charge in [-0.2, -0.15) is 0 Å². The van der Waals surface area contributed by atoms with Gasteiger partial charge in [0.25, 0.3) is 11.8 Å².